The van der Waals surface area contributed by atoms with Crippen molar-refractivity contribution in [2.75, 3.05) is 11.9 Å². The van der Waals surface area contributed by atoms with E-state index in [-0.39, 0.29) is 0 Å². The Morgan fingerprint density at radius 3 is 2.33 bits per heavy atom. The molecule has 1 aromatic carbocycles. The highest BCUT2D eigenvalue weighted by Gasteiger charge is 2.19. The van der Waals surface area contributed by atoms with Gasteiger partial charge >= 0.3 is 0 Å². The van der Waals surface area contributed by atoms with Crippen LogP contribution in [-0.4, -0.2) is 17.8 Å². The van der Waals surface area contributed by atoms with Gasteiger partial charge in [-0.15, -0.1) is 0 Å². The summed E-state index contributed by atoms with van der Waals surface area (Å²) in [6, 6.07) is 11.0. The molecule has 1 aliphatic carbocycles. The molecule has 1 saturated carbocycles. The van der Waals surface area contributed by atoms with Gasteiger partial charge < -0.3 is 10.4 Å². The zero-order chi connectivity index (χ0) is 10.5. The fraction of sp³-hybridized carbons (Fsp3) is 0.538. The summed E-state index contributed by atoms with van der Waals surface area (Å²) in [7, 11) is 0. The Kier molecular flexibility index (Phi) is 3.62. The molecule has 1 fully saturated rings. The van der Waals surface area contributed by atoms with Crippen molar-refractivity contribution in [2.45, 2.75) is 31.7 Å². The number of para-hydroxylation sites is 1. The number of nitrogens with one attached hydrogen (secondary N) is 1. The van der Waals surface area contributed by atoms with Crippen LogP contribution in [0.3, 0.4) is 0 Å². The van der Waals surface area contributed by atoms with E-state index in [0.29, 0.717) is 18.6 Å². The molecule has 0 atom stereocenters. The van der Waals surface area contributed by atoms with Crippen LogP contribution in [0.15, 0.2) is 30.3 Å². The van der Waals surface area contributed by atoms with Crippen LogP contribution in [0.1, 0.15) is 25.7 Å². The molecule has 2 N–H and O–H groups in total. The number of anilines is 1. The van der Waals surface area contributed by atoms with E-state index in [9.17, 15) is 0 Å². The minimum absolute atomic E-state index is 0.359. The standard InChI is InChI=1S/C13H19NO/c15-10-11-6-8-13(9-7-11)14-12-4-2-1-3-5-12/h1-5,11,13-15H,6-10H2. The molecule has 15 heavy (non-hydrogen) atoms. The van der Waals surface area contributed by atoms with Gasteiger partial charge in [-0.25, -0.2) is 0 Å². The molecule has 2 nitrogen and oxygen atoms in total. The average molecular weight is 205 g/mol. The van der Waals surface area contributed by atoms with Gasteiger partial charge in [0.05, 0.1) is 0 Å². The minimum atomic E-state index is 0.359. The summed E-state index contributed by atoms with van der Waals surface area (Å²) in [6.45, 7) is 0.359. The molecular formula is C13H19NO. The van der Waals surface area contributed by atoms with Crippen LogP contribution in [-0.2, 0) is 0 Å². The molecule has 1 aromatic rings. The van der Waals surface area contributed by atoms with Gasteiger partial charge in [-0.05, 0) is 43.7 Å². The third kappa shape index (κ3) is 2.96. The molecule has 1 aliphatic rings. The van der Waals surface area contributed by atoms with E-state index in [1.807, 2.05) is 6.07 Å². The van der Waals surface area contributed by atoms with Gasteiger partial charge in [-0.3, -0.25) is 0 Å². The van der Waals surface area contributed by atoms with Gasteiger partial charge in [-0.1, -0.05) is 18.2 Å². The first-order chi connectivity index (χ1) is 7.38. The number of benzene rings is 1. The molecule has 2 heteroatoms. The van der Waals surface area contributed by atoms with Crippen molar-refractivity contribution in [2.24, 2.45) is 5.92 Å². The molecule has 0 bridgehead atoms. The first kappa shape index (κ1) is 10.5. The van der Waals surface area contributed by atoms with Gasteiger partial charge in [0.1, 0.15) is 0 Å². The van der Waals surface area contributed by atoms with Crippen LogP contribution >= 0.6 is 0 Å². The molecule has 0 heterocycles. The SMILES string of the molecule is OCC1CCC(Nc2ccccc2)CC1. The van der Waals surface area contributed by atoms with Crippen LogP contribution in [0.4, 0.5) is 5.69 Å². The molecular weight excluding hydrogens is 186 g/mol. The summed E-state index contributed by atoms with van der Waals surface area (Å²) in [5, 5.41) is 12.6. The molecule has 0 aliphatic heterocycles. The van der Waals surface area contributed by atoms with Crippen molar-refractivity contribution in [1.82, 2.24) is 0 Å². The van der Waals surface area contributed by atoms with Crippen molar-refractivity contribution < 1.29 is 5.11 Å². The average Bonchev–Trinajstić information content (AvgIpc) is 2.31. The summed E-state index contributed by atoms with van der Waals surface area (Å²) >= 11 is 0. The highest BCUT2D eigenvalue weighted by Crippen LogP contribution is 2.25. The monoisotopic (exact) mass is 205 g/mol. The Morgan fingerprint density at radius 2 is 1.73 bits per heavy atom. The third-order valence-corrected chi connectivity index (χ3v) is 3.25. The Bertz CT molecular complexity index is 278. The van der Waals surface area contributed by atoms with Crippen LogP contribution in [0.2, 0.25) is 0 Å². The first-order valence-electron chi connectivity index (χ1n) is 5.81. The molecule has 0 spiro atoms. The molecule has 0 radical (unpaired) electrons. The number of aliphatic hydroxyl groups excluding tert-OH is 1. The highest BCUT2D eigenvalue weighted by atomic mass is 16.3. The normalized spacial score (nSPS) is 26.2. The van der Waals surface area contributed by atoms with Gasteiger partial charge in [-0.2, -0.15) is 0 Å². The van der Waals surface area contributed by atoms with E-state index in [4.69, 9.17) is 5.11 Å². The summed E-state index contributed by atoms with van der Waals surface area (Å²) in [6.07, 6.45) is 4.67. The first-order valence-corrected chi connectivity index (χ1v) is 5.81. The third-order valence-electron chi connectivity index (χ3n) is 3.25. The lowest BCUT2D eigenvalue weighted by atomic mass is 9.86. The summed E-state index contributed by atoms with van der Waals surface area (Å²) in [5.41, 5.74) is 1.21. The Labute approximate surface area is 91.3 Å². The molecule has 0 aromatic heterocycles. The molecule has 2 rings (SSSR count). The Hall–Kier alpha value is -1.02. The Balaban J connectivity index is 1.82. The second-order valence-corrected chi connectivity index (χ2v) is 4.41. The molecule has 82 valence electrons. The van der Waals surface area contributed by atoms with Gasteiger partial charge in [0.15, 0.2) is 0 Å². The van der Waals surface area contributed by atoms with Crippen LogP contribution in [0.5, 0.6) is 0 Å². The molecule has 0 unspecified atom stereocenters. The predicted molar refractivity (Wildman–Crippen MR) is 62.9 cm³/mol. The second kappa shape index (κ2) is 5.17. The van der Waals surface area contributed by atoms with Crippen LogP contribution in [0.25, 0.3) is 0 Å². The zero-order valence-corrected chi connectivity index (χ0v) is 9.02. The number of aliphatic hydroxyl groups is 1. The second-order valence-electron chi connectivity index (χ2n) is 4.41. The number of hydrogen-bond donors (Lipinski definition) is 2. The Morgan fingerprint density at radius 1 is 1.07 bits per heavy atom. The maximum absolute atomic E-state index is 9.05. The van der Waals surface area contributed by atoms with Crippen LogP contribution < -0.4 is 5.32 Å². The van der Waals surface area contributed by atoms with E-state index in [1.54, 1.807) is 0 Å². The van der Waals surface area contributed by atoms with Crippen molar-refractivity contribution in [1.29, 1.82) is 0 Å². The van der Waals surface area contributed by atoms with E-state index in [0.717, 1.165) is 12.8 Å². The predicted octanol–water partition coefficient (Wildman–Crippen LogP) is 2.65. The number of rotatable bonds is 3. The summed E-state index contributed by atoms with van der Waals surface area (Å²) in [5.74, 6) is 0.541. The zero-order valence-electron chi connectivity index (χ0n) is 9.02. The van der Waals surface area contributed by atoms with Crippen molar-refractivity contribution in [3.05, 3.63) is 30.3 Å². The maximum Gasteiger partial charge on any atom is 0.0459 e. The smallest absolute Gasteiger partial charge is 0.0459 e. The molecule has 0 saturated heterocycles. The lowest BCUT2D eigenvalue weighted by Gasteiger charge is -2.28. The van der Waals surface area contributed by atoms with Crippen LogP contribution in [0, 0.1) is 5.92 Å². The summed E-state index contributed by atoms with van der Waals surface area (Å²) < 4.78 is 0. The van der Waals surface area contributed by atoms with E-state index in [1.165, 1.54) is 18.5 Å². The van der Waals surface area contributed by atoms with Gasteiger partial charge in [0.2, 0.25) is 0 Å². The fourth-order valence-corrected chi connectivity index (χ4v) is 2.26. The summed E-state index contributed by atoms with van der Waals surface area (Å²) in [4.78, 5) is 0. The fourth-order valence-electron chi connectivity index (χ4n) is 2.26. The van der Waals surface area contributed by atoms with E-state index in [2.05, 4.69) is 29.6 Å². The molecule has 0 amide bonds. The lowest BCUT2D eigenvalue weighted by molar-refractivity contribution is 0.186. The van der Waals surface area contributed by atoms with Gasteiger partial charge in [0.25, 0.3) is 0 Å². The van der Waals surface area contributed by atoms with Crippen molar-refractivity contribution >= 4 is 5.69 Å². The maximum atomic E-state index is 9.05. The minimum Gasteiger partial charge on any atom is -0.396 e. The van der Waals surface area contributed by atoms with Crippen molar-refractivity contribution in [3.63, 3.8) is 0 Å². The van der Waals surface area contributed by atoms with E-state index >= 15 is 0 Å². The number of hydrogen-bond acceptors (Lipinski definition) is 2. The quantitative estimate of drug-likeness (QED) is 0.795. The lowest BCUT2D eigenvalue weighted by Crippen LogP contribution is -2.27. The largest absolute Gasteiger partial charge is 0.396 e. The topological polar surface area (TPSA) is 32.3 Å². The van der Waals surface area contributed by atoms with Gasteiger partial charge in [0, 0.05) is 18.3 Å². The van der Waals surface area contributed by atoms with Crippen molar-refractivity contribution in [3.8, 4) is 0 Å². The highest BCUT2D eigenvalue weighted by molar-refractivity contribution is 5.43. The van der Waals surface area contributed by atoms with E-state index < -0.39 is 0 Å².